The Bertz CT molecular complexity index is 91.2. The van der Waals surface area contributed by atoms with E-state index in [1.165, 1.54) is 42.9 Å². The molecule has 0 bridgehead atoms. The molecule has 1 heteroatoms. The lowest BCUT2D eigenvalue weighted by Gasteiger charge is -2.04. The fourth-order valence-electron chi connectivity index (χ4n) is 1.13. The van der Waals surface area contributed by atoms with Gasteiger partial charge in [0.25, 0.3) is 0 Å². The fraction of sp³-hybridized carbons (Fsp3) is 0.818. The van der Waals surface area contributed by atoms with Gasteiger partial charge in [-0.05, 0) is 29.8 Å². The lowest BCUT2D eigenvalue weighted by molar-refractivity contribution is 0.872. The van der Waals surface area contributed by atoms with Gasteiger partial charge < -0.3 is 0 Å². The molecule has 0 amide bonds. The highest BCUT2D eigenvalue weighted by molar-refractivity contribution is 7.96. The molecular weight excluding hydrogens is 164 g/mol. The van der Waals surface area contributed by atoms with Crippen molar-refractivity contribution in [1.82, 2.24) is 0 Å². The molecule has 0 atom stereocenters. The molecule has 0 rings (SSSR count). The molecule has 0 aromatic rings. The molecule has 0 aromatic heterocycles. The summed E-state index contributed by atoms with van der Waals surface area (Å²) in [6, 6.07) is 0. The summed E-state index contributed by atoms with van der Waals surface area (Å²) in [7, 11) is 0.658. The molecule has 0 unspecified atom stereocenters. The minimum atomic E-state index is 0.658. The van der Waals surface area contributed by atoms with Crippen LogP contribution >= 0.6 is 0 Å². The third-order valence-corrected chi connectivity index (χ3v) is 4.37. The number of unbranched alkanes of at least 4 members (excludes halogenated alkanes) is 2. The van der Waals surface area contributed by atoms with Gasteiger partial charge in [0.15, 0.2) is 0 Å². The quantitative estimate of drug-likeness (QED) is 0.403. The molecule has 0 N–H and O–H groups in total. The van der Waals surface area contributed by atoms with E-state index < -0.39 is 0 Å². The summed E-state index contributed by atoms with van der Waals surface area (Å²) in [5.74, 6) is 4.12. The Labute approximate surface area is 80.8 Å². The minimum absolute atomic E-state index is 0.658. The van der Waals surface area contributed by atoms with Crippen LogP contribution in [0.2, 0.25) is 0 Å². The molecule has 0 aliphatic rings. The molecule has 0 spiro atoms. The lowest BCUT2D eigenvalue weighted by atomic mass is 10.4. The van der Waals surface area contributed by atoms with Gasteiger partial charge in [-0.3, -0.25) is 0 Å². The van der Waals surface area contributed by atoms with Crippen LogP contribution in [0.4, 0.5) is 0 Å². The molecule has 0 radical (unpaired) electrons. The summed E-state index contributed by atoms with van der Waals surface area (Å²) >= 11 is 0. The van der Waals surface area contributed by atoms with Crippen LogP contribution in [0.15, 0.2) is 12.7 Å². The van der Waals surface area contributed by atoms with Gasteiger partial charge in [0, 0.05) is 0 Å². The van der Waals surface area contributed by atoms with Crippen LogP contribution in [0.1, 0.15) is 39.5 Å². The summed E-state index contributed by atoms with van der Waals surface area (Å²) in [6.45, 7) is 8.37. The smallest absolute Gasteiger partial charge is 0.0985 e. The van der Waals surface area contributed by atoms with Crippen LogP contribution in [0.3, 0.4) is 0 Å². The van der Waals surface area contributed by atoms with Gasteiger partial charge in [0.05, 0.1) is 0 Å². The predicted octanol–water partition coefficient (Wildman–Crippen LogP) is 3.39. The van der Waals surface area contributed by atoms with E-state index in [0.29, 0.717) is 10.9 Å². The van der Waals surface area contributed by atoms with Crippen LogP contribution in [-0.4, -0.2) is 17.3 Å². The Hall–Kier alpha value is 0.0900. The molecule has 0 aliphatic carbocycles. The van der Waals surface area contributed by atoms with Crippen molar-refractivity contribution in [2.45, 2.75) is 39.5 Å². The molecule has 0 heterocycles. The molecule has 0 nitrogen and oxygen atoms in total. The van der Waals surface area contributed by atoms with Gasteiger partial charge in [-0.15, -0.1) is 0 Å². The Balaban J connectivity index is 3.46. The van der Waals surface area contributed by atoms with Crippen molar-refractivity contribution in [2.75, 3.05) is 17.3 Å². The topological polar surface area (TPSA) is 0 Å². The van der Waals surface area contributed by atoms with E-state index in [-0.39, 0.29) is 0 Å². The van der Waals surface area contributed by atoms with E-state index in [0.717, 1.165) is 0 Å². The zero-order valence-corrected chi connectivity index (χ0v) is 9.46. The molecule has 0 aromatic carbocycles. The highest BCUT2D eigenvalue weighted by Crippen LogP contribution is 2.05. The van der Waals surface area contributed by atoms with Crippen molar-refractivity contribution >= 4 is 10.9 Å². The van der Waals surface area contributed by atoms with Gasteiger partial charge in [-0.1, -0.05) is 33.3 Å². The van der Waals surface area contributed by atoms with Crippen LogP contribution in [-0.2, 0) is 10.9 Å². The Morgan fingerprint density at radius 3 is 1.92 bits per heavy atom. The maximum atomic E-state index is 3.82. The summed E-state index contributed by atoms with van der Waals surface area (Å²) < 4.78 is 0. The summed E-state index contributed by atoms with van der Waals surface area (Å²) in [5, 5.41) is 0. The maximum absolute atomic E-state index is 3.82. The van der Waals surface area contributed by atoms with Crippen molar-refractivity contribution in [3.8, 4) is 0 Å². The SMILES string of the molecule is C=CC[S+](CCCC)CCCC. The summed E-state index contributed by atoms with van der Waals surface area (Å²) in [4.78, 5) is 0. The second-order valence-electron chi connectivity index (χ2n) is 3.18. The highest BCUT2D eigenvalue weighted by atomic mass is 32.2. The third-order valence-electron chi connectivity index (χ3n) is 1.93. The molecule has 0 saturated carbocycles. The standard InChI is InChI=1S/C11H23S/c1-4-7-10-12(9-6-3)11-8-5-2/h6H,3-5,7-11H2,1-2H3/q+1. The van der Waals surface area contributed by atoms with Gasteiger partial charge in [-0.2, -0.15) is 0 Å². The van der Waals surface area contributed by atoms with Crippen molar-refractivity contribution in [2.24, 2.45) is 0 Å². The van der Waals surface area contributed by atoms with Crippen molar-refractivity contribution < 1.29 is 0 Å². The van der Waals surface area contributed by atoms with Crippen molar-refractivity contribution in [3.63, 3.8) is 0 Å². The number of hydrogen-bond acceptors (Lipinski definition) is 0. The molecule has 0 saturated heterocycles. The normalized spacial score (nSPS) is 10.6. The second kappa shape index (κ2) is 9.18. The predicted molar refractivity (Wildman–Crippen MR) is 62.0 cm³/mol. The van der Waals surface area contributed by atoms with Crippen LogP contribution < -0.4 is 0 Å². The van der Waals surface area contributed by atoms with Crippen molar-refractivity contribution in [1.29, 1.82) is 0 Å². The van der Waals surface area contributed by atoms with Gasteiger partial charge in [0.2, 0.25) is 0 Å². The van der Waals surface area contributed by atoms with E-state index in [4.69, 9.17) is 0 Å². The maximum Gasteiger partial charge on any atom is 0.126 e. The van der Waals surface area contributed by atoms with Crippen LogP contribution in [0.5, 0.6) is 0 Å². The molecule has 12 heavy (non-hydrogen) atoms. The lowest BCUT2D eigenvalue weighted by Crippen LogP contribution is -2.14. The van der Waals surface area contributed by atoms with E-state index in [9.17, 15) is 0 Å². The monoisotopic (exact) mass is 187 g/mol. The van der Waals surface area contributed by atoms with Gasteiger partial charge >= 0.3 is 0 Å². The van der Waals surface area contributed by atoms with Crippen molar-refractivity contribution in [3.05, 3.63) is 12.7 Å². The molecule has 0 fully saturated rings. The Morgan fingerprint density at radius 1 is 1.08 bits per heavy atom. The zero-order chi connectivity index (χ0) is 9.23. The summed E-state index contributed by atoms with van der Waals surface area (Å²) in [5.41, 5.74) is 0. The highest BCUT2D eigenvalue weighted by Gasteiger charge is 2.13. The van der Waals surface area contributed by atoms with Gasteiger partial charge in [0.1, 0.15) is 17.3 Å². The molecule has 72 valence electrons. The van der Waals surface area contributed by atoms with E-state index in [2.05, 4.69) is 26.5 Å². The Kier molecular flexibility index (Phi) is 9.25. The van der Waals surface area contributed by atoms with E-state index in [1.807, 2.05) is 0 Å². The average Bonchev–Trinajstić information content (AvgIpc) is 2.10. The zero-order valence-electron chi connectivity index (χ0n) is 8.64. The summed E-state index contributed by atoms with van der Waals surface area (Å²) in [6.07, 6.45) is 7.58. The molecular formula is C11H23S+. The third kappa shape index (κ3) is 6.78. The first-order valence-electron chi connectivity index (χ1n) is 5.10. The largest absolute Gasteiger partial charge is 0.126 e. The first-order chi connectivity index (χ1) is 5.85. The first kappa shape index (κ1) is 12.1. The van der Waals surface area contributed by atoms with Gasteiger partial charge in [-0.25, -0.2) is 0 Å². The van der Waals surface area contributed by atoms with Crippen LogP contribution in [0.25, 0.3) is 0 Å². The van der Waals surface area contributed by atoms with E-state index in [1.54, 1.807) is 0 Å². The average molecular weight is 187 g/mol. The van der Waals surface area contributed by atoms with E-state index >= 15 is 0 Å². The molecule has 0 aliphatic heterocycles. The van der Waals surface area contributed by atoms with Crippen LogP contribution in [0, 0.1) is 0 Å². The number of hydrogen-bond donors (Lipinski definition) is 0. The number of rotatable bonds is 8. The fourth-order valence-corrected chi connectivity index (χ4v) is 3.40. The minimum Gasteiger partial charge on any atom is -0.0985 e. The Morgan fingerprint density at radius 2 is 1.58 bits per heavy atom. The first-order valence-corrected chi connectivity index (χ1v) is 6.83. The second-order valence-corrected chi connectivity index (χ2v) is 5.56.